The van der Waals surface area contributed by atoms with Gasteiger partial charge in [0.2, 0.25) is 0 Å². The van der Waals surface area contributed by atoms with E-state index in [1.165, 1.54) is 65.3 Å². The normalized spacial score (nSPS) is 20.1. The van der Waals surface area contributed by atoms with Crippen molar-refractivity contribution in [2.45, 2.75) is 89.9 Å². The lowest BCUT2D eigenvalue weighted by molar-refractivity contribution is 0.403. The third-order valence-corrected chi connectivity index (χ3v) is 10.4. The van der Waals surface area contributed by atoms with Crippen molar-refractivity contribution in [2.75, 3.05) is 0 Å². The van der Waals surface area contributed by atoms with Crippen LogP contribution in [-0.2, 0) is 21.7 Å². The van der Waals surface area contributed by atoms with Gasteiger partial charge in [-0.15, -0.1) is 0 Å². The standard InChI is InChI=1S/C38H38N2/c1-35(2)19-37(5,6)33-27-13-23-21-11-9-10-12-22(21)24-14-28-32(16-26(24)25(23)15-31(27)39-17-29(33)35)40-18-30-34(28)38(7,8)20-36(30,3)4/h9-18H,19-20H2,1-8H3. The zero-order valence-electron chi connectivity index (χ0n) is 25.1. The first kappa shape index (κ1) is 24.3. The quantitative estimate of drug-likeness (QED) is 0.146. The molecule has 8 rings (SSSR count). The summed E-state index contributed by atoms with van der Waals surface area (Å²) in [7, 11) is 0. The Balaban J connectivity index is 1.55. The van der Waals surface area contributed by atoms with Crippen LogP contribution in [-0.4, -0.2) is 9.97 Å². The van der Waals surface area contributed by atoms with Gasteiger partial charge in [-0.05, 0) is 113 Å². The molecule has 0 N–H and O–H groups in total. The molecule has 0 atom stereocenters. The summed E-state index contributed by atoms with van der Waals surface area (Å²) < 4.78 is 0. The molecule has 0 fully saturated rings. The van der Waals surface area contributed by atoms with Gasteiger partial charge in [0.05, 0.1) is 11.0 Å². The molecular weight excluding hydrogens is 484 g/mol. The van der Waals surface area contributed by atoms with Gasteiger partial charge in [-0.1, -0.05) is 79.7 Å². The maximum Gasteiger partial charge on any atom is 0.0711 e. The van der Waals surface area contributed by atoms with Crippen LogP contribution in [0.15, 0.2) is 60.9 Å². The van der Waals surface area contributed by atoms with Gasteiger partial charge in [0.15, 0.2) is 0 Å². The van der Waals surface area contributed by atoms with Crippen molar-refractivity contribution in [1.29, 1.82) is 0 Å². The summed E-state index contributed by atoms with van der Waals surface area (Å²) in [5, 5.41) is 10.4. The highest BCUT2D eigenvalue weighted by molar-refractivity contribution is 6.29. The van der Waals surface area contributed by atoms with Crippen molar-refractivity contribution in [3.8, 4) is 0 Å². The summed E-state index contributed by atoms with van der Waals surface area (Å²) in [6.45, 7) is 19.1. The molecule has 2 nitrogen and oxygen atoms in total. The van der Waals surface area contributed by atoms with Crippen LogP contribution in [0.25, 0.3) is 54.1 Å². The van der Waals surface area contributed by atoms with Crippen LogP contribution in [0.3, 0.4) is 0 Å². The Morgan fingerprint density at radius 2 is 0.825 bits per heavy atom. The van der Waals surface area contributed by atoms with Crippen LogP contribution in [0.1, 0.15) is 90.5 Å². The number of fused-ring (bicyclic) bond motifs is 12. The van der Waals surface area contributed by atoms with Gasteiger partial charge in [0, 0.05) is 23.2 Å². The number of hydrogen-bond donors (Lipinski definition) is 0. The van der Waals surface area contributed by atoms with Gasteiger partial charge in [-0.2, -0.15) is 0 Å². The highest BCUT2D eigenvalue weighted by atomic mass is 14.7. The van der Waals surface area contributed by atoms with Crippen LogP contribution in [0.4, 0.5) is 0 Å². The lowest BCUT2D eigenvalue weighted by Gasteiger charge is -2.23. The van der Waals surface area contributed by atoms with Crippen LogP contribution < -0.4 is 0 Å². The van der Waals surface area contributed by atoms with Gasteiger partial charge < -0.3 is 0 Å². The predicted molar refractivity (Wildman–Crippen MR) is 171 cm³/mol. The number of rotatable bonds is 0. The lowest BCUT2D eigenvalue weighted by Crippen LogP contribution is -2.18. The van der Waals surface area contributed by atoms with Crippen molar-refractivity contribution >= 4 is 54.1 Å². The Bertz CT molecular complexity index is 1950. The molecule has 2 aliphatic rings. The summed E-state index contributed by atoms with van der Waals surface area (Å²) in [4.78, 5) is 10.2. The van der Waals surface area contributed by atoms with E-state index < -0.39 is 0 Å². The second-order valence-corrected chi connectivity index (χ2v) is 15.4. The summed E-state index contributed by atoms with van der Waals surface area (Å²) in [5.74, 6) is 0. The van der Waals surface area contributed by atoms with Crippen molar-refractivity contribution < 1.29 is 0 Å². The van der Waals surface area contributed by atoms with E-state index in [1.807, 2.05) is 0 Å². The molecule has 2 heterocycles. The number of hydrogen-bond acceptors (Lipinski definition) is 2. The van der Waals surface area contributed by atoms with Crippen LogP contribution in [0.2, 0.25) is 0 Å². The number of pyridine rings is 2. The molecule has 6 aromatic rings. The van der Waals surface area contributed by atoms with E-state index >= 15 is 0 Å². The molecule has 0 radical (unpaired) electrons. The van der Waals surface area contributed by atoms with E-state index in [0.29, 0.717) is 0 Å². The molecular formula is C38H38N2. The zero-order chi connectivity index (χ0) is 28.0. The van der Waals surface area contributed by atoms with Crippen molar-refractivity contribution in [1.82, 2.24) is 9.97 Å². The molecule has 0 saturated carbocycles. The predicted octanol–water partition coefficient (Wildman–Crippen LogP) is 10.2. The first-order valence-corrected chi connectivity index (χ1v) is 14.8. The molecule has 0 spiro atoms. The van der Waals surface area contributed by atoms with Gasteiger partial charge in [-0.25, -0.2) is 0 Å². The molecule has 2 aromatic heterocycles. The Labute approximate surface area is 236 Å². The topological polar surface area (TPSA) is 25.8 Å². The summed E-state index contributed by atoms with van der Waals surface area (Å²) >= 11 is 0. The Morgan fingerprint density at radius 3 is 1.23 bits per heavy atom. The third kappa shape index (κ3) is 3.00. The van der Waals surface area contributed by atoms with E-state index in [9.17, 15) is 0 Å². The minimum Gasteiger partial charge on any atom is -0.256 e. The second-order valence-electron chi connectivity index (χ2n) is 15.4. The molecule has 2 aliphatic carbocycles. The molecule has 0 amide bonds. The largest absolute Gasteiger partial charge is 0.256 e. The maximum atomic E-state index is 5.08. The Morgan fingerprint density at radius 1 is 0.450 bits per heavy atom. The van der Waals surface area contributed by atoms with Gasteiger partial charge in [0.1, 0.15) is 0 Å². The lowest BCUT2D eigenvalue weighted by atomic mass is 9.81. The fraction of sp³-hybridized carbons (Fsp3) is 0.368. The van der Waals surface area contributed by atoms with Gasteiger partial charge in [0.25, 0.3) is 0 Å². The van der Waals surface area contributed by atoms with Gasteiger partial charge >= 0.3 is 0 Å². The zero-order valence-corrected chi connectivity index (χ0v) is 25.1. The first-order valence-electron chi connectivity index (χ1n) is 14.8. The maximum absolute atomic E-state index is 5.08. The van der Waals surface area contributed by atoms with Crippen molar-refractivity contribution in [2.24, 2.45) is 0 Å². The molecule has 0 saturated heterocycles. The van der Waals surface area contributed by atoms with Crippen LogP contribution in [0.5, 0.6) is 0 Å². The fourth-order valence-corrected chi connectivity index (χ4v) is 9.38. The number of aromatic nitrogens is 2. The average Bonchev–Trinajstić information content (AvgIpc) is 3.21. The monoisotopic (exact) mass is 522 g/mol. The first-order chi connectivity index (χ1) is 18.8. The summed E-state index contributed by atoms with van der Waals surface area (Å²) in [6.07, 6.45) is 6.60. The van der Waals surface area contributed by atoms with E-state index in [-0.39, 0.29) is 21.7 Å². The van der Waals surface area contributed by atoms with Crippen LogP contribution >= 0.6 is 0 Å². The second kappa shape index (κ2) is 7.21. The Kier molecular flexibility index (Phi) is 4.38. The summed E-state index contributed by atoms with van der Waals surface area (Å²) in [6, 6.07) is 18.6. The summed E-state index contributed by atoms with van der Waals surface area (Å²) in [5.41, 5.74) is 8.46. The smallest absolute Gasteiger partial charge is 0.0711 e. The minimum absolute atomic E-state index is 0.113. The molecule has 200 valence electrons. The minimum atomic E-state index is 0.113. The molecule has 4 aromatic carbocycles. The van der Waals surface area contributed by atoms with E-state index in [1.54, 1.807) is 0 Å². The molecule has 0 aliphatic heterocycles. The van der Waals surface area contributed by atoms with E-state index in [2.05, 4.69) is 116 Å². The SMILES string of the molecule is CC1(C)CC(C)(C)c2c1cnc1cc3c4cc5ncc6c(c5cc4c4ccccc4c3cc21)C(C)(C)CC6(C)C. The van der Waals surface area contributed by atoms with Crippen LogP contribution in [0, 0.1) is 0 Å². The number of nitrogens with zero attached hydrogens (tertiary/aromatic N) is 2. The highest BCUT2D eigenvalue weighted by Gasteiger charge is 2.44. The van der Waals surface area contributed by atoms with Gasteiger partial charge in [-0.3, -0.25) is 9.97 Å². The molecule has 2 heteroatoms. The molecule has 40 heavy (non-hydrogen) atoms. The fourth-order valence-electron chi connectivity index (χ4n) is 9.38. The third-order valence-electron chi connectivity index (χ3n) is 10.4. The highest BCUT2D eigenvalue weighted by Crippen LogP contribution is 2.54. The molecule has 0 unspecified atom stereocenters. The average molecular weight is 523 g/mol. The molecule has 0 bridgehead atoms. The van der Waals surface area contributed by atoms with Crippen molar-refractivity contribution in [3.63, 3.8) is 0 Å². The van der Waals surface area contributed by atoms with E-state index in [0.717, 1.165) is 23.9 Å². The van der Waals surface area contributed by atoms with E-state index in [4.69, 9.17) is 9.97 Å². The Hall–Kier alpha value is -3.52. The number of benzene rings is 4. The van der Waals surface area contributed by atoms with Crippen molar-refractivity contribution in [3.05, 3.63) is 83.2 Å².